The molecule has 0 aliphatic heterocycles. The standard InChI is InChI=1S/C31H33NO2P/c1-24(2)32(25(3)4)31(33)34-26-20-22-30(23-21-26)35(27-14-8-5-9-15-27,28-16-10-6-11-17-28)29-18-12-7-13-19-29/h5-25H,1-4H3/q+1. The Bertz CT molecular complexity index is 1120. The topological polar surface area (TPSA) is 29.5 Å². The third kappa shape index (κ3) is 5.01. The molecule has 0 unspecified atom stereocenters. The third-order valence-electron chi connectivity index (χ3n) is 6.18. The summed E-state index contributed by atoms with van der Waals surface area (Å²) < 4.78 is 5.78. The van der Waals surface area contributed by atoms with Gasteiger partial charge in [0.15, 0.2) is 0 Å². The number of hydrogen-bond donors (Lipinski definition) is 0. The largest absolute Gasteiger partial charge is 0.415 e. The number of hydrogen-bond acceptors (Lipinski definition) is 2. The van der Waals surface area contributed by atoms with Gasteiger partial charge < -0.3 is 9.64 Å². The summed E-state index contributed by atoms with van der Waals surface area (Å²) in [6.45, 7) is 8.01. The molecule has 0 aliphatic rings. The van der Waals surface area contributed by atoms with Crippen LogP contribution >= 0.6 is 7.26 Å². The van der Waals surface area contributed by atoms with Gasteiger partial charge in [-0.2, -0.15) is 0 Å². The van der Waals surface area contributed by atoms with Crippen molar-refractivity contribution in [3.05, 3.63) is 115 Å². The predicted molar refractivity (Wildman–Crippen MR) is 149 cm³/mol. The van der Waals surface area contributed by atoms with Gasteiger partial charge in [-0.3, -0.25) is 0 Å². The molecule has 4 aromatic carbocycles. The summed E-state index contributed by atoms with van der Waals surface area (Å²) in [4.78, 5) is 14.6. The van der Waals surface area contributed by atoms with Crippen molar-refractivity contribution in [3.8, 4) is 5.75 Å². The van der Waals surface area contributed by atoms with E-state index in [9.17, 15) is 4.79 Å². The molecule has 0 atom stereocenters. The number of rotatable bonds is 7. The summed E-state index contributed by atoms with van der Waals surface area (Å²) in [7, 11) is -2.16. The highest BCUT2D eigenvalue weighted by molar-refractivity contribution is 8.01. The first-order chi connectivity index (χ1) is 16.9. The first-order valence-corrected chi connectivity index (χ1v) is 13.9. The Hall–Kier alpha value is -3.42. The second kappa shape index (κ2) is 10.9. The zero-order valence-corrected chi connectivity index (χ0v) is 21.7. The molecule has 4 heteroatoms. The van der Waals surface area contributed by atoms with Crippen LogP contribution in [0.4, 0.5) is 4.79 Å². The number of nitrogens with zero attached hydrogens (tertiary/aromatic N) is 1. The van der Waals surface area contributed by atoms with E-state index in [4.69, 9.17) is 4.74 Å². The SMILES string of the molecule is CC(C)N(C(=O)Oc1ccc([P+](c2ccccc2)(c2ccccc2)c2ccccc2)cc1)C(C)C. The van der Waals surface area contributed by atoms with Crippen molar-refractivity contribution in [3.63, 3.8) is 0 Å². The van der Waals surface area contributed by atoms with Gasteiger partial charge in [-0.15, -0.1) is 0 Å². The molecule has 35 heavy (non-hydrogen) atoms. The summed E-state index contributed by atoms with van der Waals surface area (Å²) in [5.41, 5.74) is 0. The van der Waals surface area contributed by atoms with Gasteiger partial charge in [0.2, 0.25) is 0 Å². The normalized spacial score (nSPS) is 11.5. The summed E-state index contributed by atoms with van der Waals surface area (Å²) in [5.74, 6) is 0.553. The second-order valence-corrected chi connectivity index (χ2v) is 12.5. The lowest BCUT2D eigenvalue weighted by molar-refractivity contribution is 0.122. The van der Waals surface area contributed by atoms with Gasteiger partial charge in [-0.1, -0.05) is 54.6 Å². The molecule has 3 nitrogen and oxygen atoms in total. The van der Waals surface area contributed by atoms with E-state index < -0.39 is 7.26 Å². The second-order valence-electron chi connectivity index (χ2n) is 9.13. The summed E-state index contributed by atoms with van der Waals surface area (Å²) >= 11 is 0. The minimum atomic E-state index is -2.16. The van der Waals surface area contributed by atoms with Crippen LogP contribution in [-0.4, -0.2) is 23.1 Å². The van der Waals surface area contributed by atoms with Gasteiger partial charge in [0.05, 0.1) is 0 Å². The first kappa shape index (κ1) is 24.7. The van der Waals surface area contributed by atoms with Crippen molar-refractivity contribution in [1.82, 2.24) is 4.90 Å². The minimum absolute atomic E-state index is 0.0644. The van der Waals surface area contributed by atoms with E-state index in [-0.39, 0.29) is 18.2 Å². The Morgan fingerprint density at radius 1 is 0.571 bits per heavy atom. The van der Waals surface area contributed by atoms with Crippen LogP contribution in [0.15, 0.2) is 115 Å². The van der Waals surface area contributed by atoms with E-state index in [1.54, 1.807) is 4.90 Å². The maximum atomic E-state index is 12.9. The fourth-order valence-corrected chi connectivity index (χ4v) is 9.00. The van der Waals surface area contributed by atoms with Crippen LogP contribution in [0.1, 0.15) is 27.7 Å². The van der Waals surface area contributed by atoms with E-state index in [1.807, 2.05) is 39.8 Å². The van der Waals surface area contributed by atoms with Crippen molar-refractivity contribution in [1.29, 1.82) is 0 Å². The van der Waals surface area contributed by atoms with Gasteiger partial charge in [0, 0.05) is 12.1 Å². The molecular weight excluding hydrogens is 449 g/mol. The molecule has 4 aromatic rings. The van der Waals surface area contributed by atoms with E-state index in [2.05, 4.69) is 103 Å². The molecule has 0 aliphatic carbocycles. The maximum Gasteiger partial charge on any atom is 0.415 e. The average Bonchev–Trinajstić information content (AvgIpc) is 2.87. The lowest BCUT2D eigenvalue weighted by Crippen LogP contribution is -2.43. The molecule has 0 spiro atoms. The van der Waals surface area contributed by atoms with Crippen molar-refractivity contribution >= 4 is 34.6 Å². The van der Waals surface area contributed by atoms with Gasteiger partial charge in [0.1, 0.15) is 34.2 Å². The van der Waals surface area contributed by atoms with Crippen LogP contribution in [0.2, 0.25) is 0 Å². The van der Waals surface area contributed by atoms with Crippen molar-refractivity contribution in [2.45, 2.75) is 39.8 Å². The highest BCUT2D eigenvalue weighted by atomic mass is 31.2. The average molecular weight is 483 g/mol. The Balaban J connectivity index is 1.83. The smallest absolute Gasteiger partial charge is 0.410 e. The summed E-state index contributed by atoms with van der Waals surface area (Å²) in [6.07, 6.45) is -0.321. The molecule has 0 bridgehead atoms. The van der Waals surface area contributed by atoms with Gasteiger partial charge in [-0.05, 0) is 88.4 Å². The fraction of sp³-hybridized carbons (Fsp3) is 0.194. The monoisotopic (exact) mass is 482 g/mol. The summed E-state index contributed by atoms with van der Waals surface area (Å²) in [6, 6.07) is 40.4. The highest BCUT2D eigenvalue weighted by Gasteiger charge is 2.47. The Kier molecular flexibility index (Phi) is 7.68. The highest BCUT2D eigenvalue weighted by Crippen LogP contribution is 2.54. The van der Waals surface area contributed by atoms with E-state index in [0.717, 1.165) is 0 Å². The van der Waals surface area contributed by atoms with Gasteiger partial charge >= 0.3 is 6.09 Å². The first-order valence-electron chi connectivity index (χ1n) is 12.1. The molecule has 178 valence electrons. The number of ether oxygens (including phenoxy) is 1. The van der Waals surface area contributed by atoms with Crippen LogP contribution < -0.4 is 26.0 Å². The molecule has 0 N–H and O–H groups in total. The van der Waals surface area contributed by atoms with Crippen LogP contribution in [0.5, 0.6) is 5.75 Å². The zero-order valence-electron chi connectivity index (χ0n) is 20.8. The Labute approximate surface area is 209 Å². The van der Waals surface area contributed by atoms with Crippen LogP contribution in [-0.2, 0) is 0 Å². The fourth-order valence-electron chi connectivity index (χ4n) is 4.76. The van der Waals surface area contributed by atoms with Crippen molar-refractivity contribution in [2.75, 3.05) is 0 Å². The molecule has 4 rings (SSSR count). The van der Waals surface area contributed by atoms with E-state index in [1.165, 1.54) is 21.2 Å². The van der Waals surface area contributed by atoms with Crippen LogP contribution in [0.25, 0.3) is 0 Å². The molecule has 0 saturated carbocycles. The van der Waals surface area contributed by atoms with Gasteiger partial charge in [0.25, 0.3) is 0 Å². The molecule has 0 radical (unpaired) electrons. The van der Waals surface area contributed by atoms with E-state index in [0.29, 0.717) is 5.75 Å². The van der Waals surface area contributed by atoms with Crippen molar-refractivity contribution < 1.29 is 9.53 Å². The quantitative estimate of drug-likeness (QED) is 0.306. The molecule has 0 saturated heterocycles. The lowest BCUT2D eigenvalue weighted by atomic mass is 10.2. The number of carbonyl (C=O) groups is 1. The molecule has 1 amide bonds. The molecule has 0 aromatic heterocycles. The predicted octanol–water partition coefficient (Wildman–Crippen LogP) is 5.92. The number of benzene rings is 4. The summed E-state index contributed by atoms with van der Waals surface area (Å²) in [5, 5.41) is 5.07. The molecular formula is C31H33NO2P+. The minimum Gasteiger partial charge on any atom is -0.410 e. The van der Waals surface area contributed by atoms with E-state index >= 15 is 0 Å². The van der Waals surface area contributed by atoms with Gasteiger partial charge in [-0.25, -0.2) is 4.79 Å². The third-order valence-corrected chi connectivity index (χ3v) is 10.5. The lowest BCUT2D eigenvalue weighted by Gasteiger charge is -2.30. The number of carbonyl (C=O) groups excluding carboxylic acids is 1. The zero-order chi connectivity index (χ0) is 24.8. The number of amides is 1. The Morgan fingerprint density at radius 2 is 0.914 bits per heavy atom. The van der Waals surface area contributed by atoms with Crippen molar-refractivity contribution in [2.24, 2.45) is 0 Å². The molecule has 0 fully saturated rings. The Morgan fingerprint density at radius 3 is 1.26 bits per heavy atom. The molecule has 0 heterocycles. The van der Waals surface area contributed by atoms with Crippen LogP contribution in [0.3, 0.4) is 0 Å². The maximum absolute atomic E-state index is 12.9. The van der Waals surface area contributed by atoms with Crippen LogP contribution in [0, 0.1) is 0 Å².